The molecule has 0 aromatic heterocycles. The zero-order valence-electron chi connectivity index (χ0n) is 14.7. The molecule has 7 heteroatoms. The summed E-state index contributed by atoms with van der Waals surface area (Å²) in [6, 6.07) is 4.84. The third-order valence-electron chi connectivity index (χ3n) is 3.98. The standard InChI is InChI=1S/C17H25N3O3S/c1-5-7-12(3)18-17(21)14-8-9-15-16(11-14)24(22,23)19-13(4)20(15)10-6-2/h8-9,11-12H,5-7,10H2,1-4H3,(H,18,21)/t12-/m0/s1. The summed E-state index contributed by atoms with van der Waals surface area (Å²) in [5.74, 6) is 0.195. The minimum absolute atomic E-state index is 0.0481. The zero-order chi connectivity index (χ0) is 17.9. The number of nitrogens with zero attached hydrogens (tertiary/aromatic N) is 2. The molecular formula is C17H25N3O3S. The van der Waals surface area contributed by atoms with Gasteiger partial charge in [-0.15, -0.1) is 4.40 Å². The van der Waals surface area contributed by atoms with Gasteiger partial charge in [0.25, 0.3) is 15.9 Å². The predicted molar refractivity (Wildman–Crippen MR) is 96.2 cm³/mol. The Morgan fingerprint density at radius 2 is 2.00 bits per heavy atom. The zero-order valence-corrected chi connectivity index (χ0v) is 15.5. The van der Waals surface area contributed by atoms with E-state index < -0.39 is 10.0 Å². The molecule has 24 heavy (non-hydrogen) atoms. The Hall–Kier alpha value is -1.89. The van der Waals surface area contributed by atoms with E-state index in [-0.39, 0.29) is 16.8 Å². The third-order valence-corrected chi connectivity index (χ3v) is 5.37. The quantitative estimate of drug-likeness (QED) is 0.854. The highest BCUT2D eigenvalue weighted by atomic mass is 32.2. The maximum absolute atomic E-state index is 12.4. The van der Waals surface area contributed by atoms with Crippen molar-refractivity contribution in [2.24, 2.45) is 4.40 Å². The van der Waals surface area contributed by atoms with E-state index in [1.165, 1.54) is 6.07 Å². The number of rotatable bonds is 6. The van der Waals surface area contributed by atoms with E-state index in [2.05, 4.69) is 16.6 Å². The third kappa shape index (κ3) is 3.77. The topological polar surface area (TPSA) is 78.8 Å². The average Bonchev–Trinajstić information content (AvgIpc) is 2.50. The van der Waals surface area contributed by atoms with Gasteiger partial charge in [-0.05, 0) is 44.9 Å². The van der Waals surface area contributed by atoms with Crippen LogP contribution in [-0.2, 0) is 10.0 Å². The first-order chi connectivity index (χ1) is 11.3. The highest BCUT2D eigenvalue weighted by Crippen LogP contribution is 2.32. The van der Waals surface area contributed by atoms with E-state index in [9.17, 15) is 13.2 Å². The van der Waals surface area contributed by atoms with Crippen LogP contribution in [0.25, 0.3) is 0 Å². The molecule has 0 unspecified atom stereocenters. The van der Waals surface area contributed by atoms with E-state index in [1.54, 1.807) is 19.1 Å². The molecule has 1 N–H and O–H groups in total. The summed E-state index contributed by atoms with van der Waals surface area (Å²) >= 11 is 0. The van der Waals surface area contributed by atoms with Gasteiger partial charge in [0.2, 0.25) is 0 Å². The van der Waals surface area contributed by atoms with Crippen molar-refractivity contribution in [3.63, 3.8) is 0 Å². The first kappa shape index (κ1) is 18.4. The first-order valence-electron chi connectivity index (χ1n) is 8.34. The molecule has 6 nitrogen and oxygen atoms in total. The van der Waals surface area contributed by atoms with E-state index >= 15 is 0 Å². The van der Waals surface area contributed by atoms with Gasteiger partial charge in [-0.1, -0.05) is 20.3 Å². The van der Waals surface area contributed by atoms with Crippen molar-refractivity contribution in [2.75, 3.05) is 11.4 Å². The molecule has 0 saturated carbocycles. The molecule has 1 heterocycles. The fraction of sp³-hybridized carbons (Fsp3) is 0.529. The molecule has 0 fully saturated rings. The summed E-state index contributed by atoms with van der Waals surface area (Å²) in [5, 5.41) is 2.89. The van der Waals surface area contributed by atoms with Crippen LogP contribution in [0.2, 0.25) is 0 Å². The number of amides is 1. The molecule has 0 bridgehead atoms. The normalized spacial score (nSPS) is 17.0. The second kappa shape index (κ2) is 7.34. The molecule has 1 aromatic carbocycles. The van der Waals surface area contributed by atoms with Gasteiger partial charge in [0.05, 0.1) is 5.69 Å². The van der Waals surface area contributed by atoms with E-state index in [4.69, 9.17) is 0 Å². The summed E-state index contributed by atoms with van der Waals surface area (Å²) in [6.45, 7) is 8.37. The van der Waals surface area contributed by atoms with Crippen molar-refractivity contribution < 1.29 is 13.2 Å². The van der Waals surface area contributed by atoms with Crippen LogP contribution < -0.4 is 10.2 Å². The Balaban J connectivity index is 2.38. The van der Waals surface area contributed by atoms with E-state index in [0.29, 0.717) is 23.6 Å². The van der Waals surface area contributed by atoms with Crippen molar-refractivity contribution in [2.45, 2.75) is 57.9 Å². The van der Waals surface area contributed by atoms with Crippen LogP contribution in [0.3, 0.4) is 0 Å². The molecule has 1 amide bonds. The molecule has 1 aliphatic rings. The molecular weight excluding hydrogens is 326 g/mol. The number of benzene rings is 1. The molecule has 1 aliphatic heterocycles. The lowest BCUT2D eigenvalue weighted by atomic mass is 10.1. The predicted octanol–water partition coefficient (Wildman–Crippen LogP) is 2.94. The number of nitrogens with one attached hydrogen (secondary N) is 1. The molecule has 1 atom stereocenters. The van der Waals surface area contributed by atoms with Crippen molar-refractivity contribution in [3.05, 3.63) is 23.8 Å². The van der Waals surface area contributed by atoms with Gasteiger partial charge in [0.15, 0.2) is 0 Å². The second-order valence-electron chi connectivity index (χ2n) is 6.11. The van der Waals surface area contributed by atoms with Crippen molar-refractivity contribution in [1.29, 1.82) is 0 Å². The van der Waals surface area contributed by atoms with Gasteiger partial charge in [0.1, 0.15) is 10.7 Å². The average molecular weight is 351 g/mol. The van der Waals surface area contributed by atoms with Crippen LogP contribution in [0.4, 0.5) is 5.69 Å². The minimum atomic E-state index is -3.77. The number of hydrogen-bond acceptors (Lipinski definition) is 4. The van der Waals surface area contributed by atoms with Crippen LogP contribution >= 0.6 is 0 Å². The van der Waals surface area contributed by atoms with Crippen LogP contribution in [0.15, 0.2) is 27.5 Å². The summed E-state index contributed by atoms with van der Waals surface area (Å²) in [7, 11) is -3.77. The number of fused-ring (bicyclic) bond motifs is 1. The summed E-state index contributed by atoms with van der Waals surface area (Å²) in [4.78, 5) is 14.3. The maximum Gasteiger partial charge on any atom is 0.286 e. The highest BCUT2D eigenvalue weighted by molar-refractivity contribution is 7.90. The highest BCUT2D eigenvalue weighted by Gasteiger charge is 2.29. The molecule has 0 saturated heterocycles. The van der Waals surface area contributed by atoms with Crippen molar-refractivity contribution in [3.8, 4) is 0 Å². The van der Waals surface area contributed by atoms with E-state index in [1.807, 2.05) is 18.7 Å². The molecule has 0 aliphatic carbocycles. The second-order valence-corrected chi connectivity index (χ2v) is 7.68. The number of amidine groups is 1. The summed E-state index contributed by atoms with van der Waals surface area (Å²) in [5.41, 5.74) is 0.925. The number of carbonyl (C=O) groups excluding carboxylic acids is 1. The van der Waals surface area contributed by atoms with Crippen LogP contribution in [-0.4, -0.2) is 32.7 Å². The van der Waals surface area contributed by atoms with Crippen LogP contribution in [0.1, 0.15) is 57.3 Å². The van der Waals surface area contributed by atoms with Gasteiger partial charge in [0, 0.05) is 18.2 Å². The monoisotopic (exact) mass is 351 g/mol. The van der Waals surface area contributed by atoms with Crippen molar-refractivity contribution >= 4 is 27.5 Å². The SMILES string of the molecule is CCC[C@H](C)NC(=O)c1ccc2c(c1)S(=O)(=O)N=C(C)N2CCC. The number of sulfonamides is 1. The summed E-state index contributed by atoms with van der Waals surface area (Å²) < 4.78 is 28.6. The Bertz CT molecular complexity index is 756. The lowest BCUT2D eigenvalue weighted by molar-refractivity contribution is 0.0938. The first-order valence-corrected chi connectivity index (χ1v) is 9.78. The Labute approximate surface area is 144 Å². The Kier molecular flexibility index (Phi) is 5.64. The lowest BCUT2D eigenvalue weighted by Gasteiger charge is -2.29. The molecule has 0 radical (unpaired) electrons. The van der Waals surface area contributed by atoms with Crippen LogP contribution in [0.5, 0.6) is 0 Å². The van der Waals surface area contributed by atoms with Crippen LogP contribution in [0, 0.1) is 0 Å². The summed E-state index contributed by atoms with van der Waals surface area (Å²) in [6.07, 6.45) is 2.71. The molecule has 0 spiro atoms. The fourth-order valence-electron chi connectivity index (χ4n) is 2.85. The lowest BCUT2D eigenvalue weighted by Crippen LogP contribution is -2.35. The smallest absolute Gasteiger partial charge is 0.286 e. The van der Waals surface area contributed by atoms with Gasteiger partial charge < -0.3 is 10.2 Å². The van der Waals surface area contributed by atoms with Crippen molar-refractivity contribution in [1.82, 2.24) is 5.32 Å². The largest absolute Gasteiger partial charge is 0.350 e. The Morgan fingerprint density at radius 1 is 1.29 bits per heavy atom. The molecule has 2 rings (SSSR count). The molecule has 132 valence electrons. The number of carbonyl (C=O) groups is 1. The van der Waals surface area contributed by atoms with Gasteiger partial charge in [-0.2, -0.15) is 8.42 Å². The van der Waals surface area contributed by atoms with Gasteiger partial charge in [-0.25, -0.2) is 0 Å². The maximum atomic E-state index is 12.4. The number of hydrogen-bond donors (Lipinski definition) is 1. The minimum Gasteiger partial charge on any atom is -0.350 e. The van der Waals surface area contributed by atoms with E-state index in [0.717, 1.165) is 19.3 Å². The van der Waals surface area contributed by atoms with Gasteiger partial charge >= 0.3 is 0 Å². The number of anilines is 1. The Morgan fingerprint density at radius 3 is 2.62 bits per heavy atom. The van der Waals surface area contributed by atoms with Gasteiger partial charge in [-0.3, -0.25) is 4.79 Å². The molecule has 1 aromatic rings. The fourth-order valence-corrected chi connectivity index (χ4v) is 4.11.